The maximum absolute atomic E-state index is 13.0. The average Bonchev–Trinajstić information content (AvgIpc) is 2.45. The van der Waals surface area contributed by atoms with Crippen molar-refractivity contribution in [1.29, 1.82) is 0 Å². The number of hydrogen-bond donors (Lipinski definition) is 2. The topological polar surface area (TPSA) is 41.7 Å². The number of hydrogen-bond acceptors (Lipinski definition) is 2. The lowest BCUT2D eigenvalue weighted by Crippen LogP contribution is -3.12. The highest BCUT2D eigenvalue weighted by Gasteiger charge is 2.28. The zero-order valence-corrected chi connectivity index (χ0v) is 17.5. The summed E-state index contributed by atoms with van der Waals surface area (Å²) < 4.78 is 0. The Hall–Kier alpha value is -1.35. The van der Waals surface area contributed by atoms with E-state index in [-0.39, 0.29) is 16.6 Å². The molecular weight excluding hydrogens is 310 g/mol. The molecule has 0 aliphatic rings. The van der Waals surface area contributed by atoms with E-state index in [2.05, 4.69) is 55.4 Å². The first kappa shape index (κ1) is 21.7. The fraction of sp³-hybridized carbons (Fsp3) is 0.682. The third-order valence-electron chi connectivity index (χ3n) is 4.67. The minimum atomic E-state index is -0.209. The molecule has 1 aromatic carbocycles. The molecule has 3 nitrogen and oxygen atoms in total. The highest BCUT2D eigenvalue weighted by Crippen LogP contribution is 2.39. The summed E-state index contributed by atoms with van der Waals surface area (Å²) in [7, 11) is 0. The van der Waals surface area contributed by atoms with Gasteiger partial charge in [-0.25, -0.2) is 0 Å². The molecule has 0 radical (unpaired) electrons. The minimum absolute atomic E-state index is 0.174. The lowest BCUT2D eigenvalue weighted by Gasteiger charge is -2.28. The highest BCUT2D eigenvalue weighted by molar-refractivity contribution is 5.97. The molecule has 0 amide bonds. The second-order valence-corrected chi connectivity index (χ2v) is 9.27. The summed E-state index contributed by atoms with van der Waals surface area (Å²) in [5, 5.41) is 10.8. The first-order valence-corrected chi connectivity index (χ1v) is 9.66. The Morgan fingerprint density at radius 3 is 1.64 bits per heavy atom. The first-order valence-electron chi connectivity index (χ1n) is 9.66. The Morgan fingerprint density at radius 2 is 1.32 bits per heavy atom. The predicted molar refractivity (Wildman–Crippen MR) is 106 cm³/mol. The molecule has 0 spiro atoms. The SMILES string of the molecule is CCC[NH+](CCC)CC(=O)c1cc(C(C)(C)C)c(O)c(C(C)(C)C)c1. The van der Waals surface area contributed by atoms with E-state index in [1.54, 1.807) is 0 Å². The number of Topliss-reactive ketones (excluding diaryl/α,β-unsaturated/α-hetero) is 1. The highest BCUT2D eigenvalue weighted by atomic mass is 16.3. The summed E-state index contributed by atoms with van der Waals surface area (Å²) in [4.78, 5) is 14.3. The van der Waals surface area contributed by atoms with Crippen molar-refractivity contribution in [2.75, 3.05) is 19.6 Å². The van der Waals surface area contributed by atoms with Crippen LogP contribution >= 0.6 is 0 Å². The number of carbonyl (C=O) groups is 1. The lowest BCUT2D eigenvalue weighted by atomic mass is 9.78. The van der Waals surface area contributed by atoms with Gasteiger partial charge in [-0.2, -0.15) is 0 Å². The summed E-state index contributed by atoms with van der Waals surface area (Å²) in [6.45, 7) is 19.4. The summed E-state index contributed by atoms with van der Waals surface area (Å²) in [5.41, 5.74) is 2.03. The van der Waals surface area contributed by atoms with Gasteiger partial charge in [0, 0.05) is 16.7 Å². The van der Waals surface area contributed by atoms with Crippen LogP contribution in [0.5, 0.6) is 5.75 Å². The van der Waals surface area contributed by atoms with E-state index in [1.165, 1.54) is 4.90 Å². The Morgan fingerprint density at radius 1 is 0.920 bits per heavy atom. The van der Waals surface area contributed by atoms with Gasteiger partial charge in [-0.05, 0) is 35.8 Å². The van der Waals surface area contributed by atoms with Crippen LogP contribution in [0.2, 0.25) is 0 Å². The molecule has 0 heterocycles. The average molecular weight is 349 g/mol. The molecule has 0 fully saturated rings. The summed E-state index contributed by atoms with van der Waals surface area (Å²) in [6, 6.07) is 3.81. The predicted octanol–water partition coefficient (Wildman–Crippen LogP) is 3.87. The number of nitrogens with one attached hydrogen (secondary N) is 1. The van der Waals surface area contributed by atoms with Gasteiger partial charge in [0.15, 0.2) is 0 Å². The van der Waals surface area contributed by atoms with E-state index in [0.29, 0.717) is 12.3 Å². The third-order valence-corrected chi connectivity index (χ3v) is 4.67. The number of rotatable bonds is 7. The van der Waals surface area contributed by atoms with Crippen molar-refractivity contribution in [2.45, 2.75) is 79.1 Å². The third kappa shape index (κ3) is 5.85. The van der Waals surface area contributed by atoms with Gasteiger partial charge in [0.2, 0.25) is 5.78 Å². The van der Waals surface area contributed by atoms with Crippen LogP contribution in [-0.2, 0) is 10.8 Å². The quantitative estimate of drug-likeness (QED) is 0.734. The van der Waals surface area contributed by atoms with E-state index >= 15 is 0 Å². The summed E-state index contributed by atoms with van der Waals surface area (Å²) in [5.74, 6) is 0.510. The van der Waals surface area contributed by atoms with Crippen LogP contribution in [-0.4, -0.2) is 30.5 Å². The van der Waals surface area contributed by atoms with Gasteiger partial charge in [0.25, 0.3) is 0 Å². The van der Waals surface area contributed by atoms with E-state index in [1.807, 2.05) is 12.1 Å². The smallest absolute Gasteiger partial charge is 0.216 e. The van der Waals surface area contributed by atoms with Crippen LogP contribution in [0.1, 0.15) is 89.7 Å². The largest absolute Gasteiger partial charge is 0.507 e. The number of quaternary nitrogens is 1. The second kappa shape index (κ2) is 8.35. The second-order valence-electron chi connectivity index (χ2n) is 9.27. The molecule has 0 aliphatic carbocycles. The molecule has 2 N–H and O–H groups in total. The molecule has 0 aromatic heterocycles. The summed E-state index contributed by atoms with van der Waals surface area (Å²) in [6.07, 6.45) is 2.16. The standard InChI is InChI=1S/C22H37NO2/c1-9-11-23(12-10-2)15-19(24)16-13-17(21(3,4)5)20(25)18(14-16)22(6,7)8/h13-14,25H,9-12,15H2,1-8H3/p+1. The normalized spacial score (nSPS) is 12.7. The number of aromatic hydroxyl groups is 1. The van der Waals surface area contributed by atoms with E-state index in [0.717, 1.165) is 42.6 Å². The number of benzene rings is 1. The summed E-state index contributed by atoms with van der Waals surface area (Å²) >= 11 is 0. The van der Waals surface area contributed by atoms with Crippen LogP contribution in [0.15, 0.2) is 12.1 Å². The zero-order chi connectivity index (χ0) is 19.4. The Labute approximate surface area is 154 Å². The van der Waals surface area contributed by atoms with Crippen molar-refractivity contribution >= 4 is 5.78 Å². The Bertz CT molecular complexity index is 550. The lowest BCUT2D eigenvalue weighted by molar-refractivity contribution is -0.891. The number of ketones is 1. The van der Waals surface area contributed by atoms with E-state index < -0.39 is 0 Å². The Balaban J connectivity index is 3.33. The van der Waals surface area contributed by atoms with Gasteiger partial charge in [-0.15, -0.1) is 0 Å². The molecule has 1 rings (SSSR count). The van der Waals surface area contributed by atoms with Gasteiger partial charge in [0.1, 0.15) is 12.3 Å². The van der Waals surface area contributed by atoms with Crippen molar-refractivity contribution in [3.8, 4) is 5.75 Å². The van der Waals surface area contributed by atoms with Gasteiger partial charge in [-0.1, -0.05) is 55.4 Å². The molecule has 0 saturated heterocycles. The maximum Gasteiger partial charge on any atom is 0.216 e. The van der Waals surface area contributed by atoms with Crippen molar-refractivity contribution < 1.29 is 14.8 Å². The van der Waals surface area contributed by atoms with Crippen molar-refractivity contribution in [2.24, 2.45) is 0 Å². The van der Waals surface area contributed by atoms with Crippen molar-refractivity contribution in [3.63, 3.8) is 0 Å². The molecule has 142 valence electrons. The fourth-order valence-corrected chi connectivity index (χ4v) is 3.28. The number of carbonyl (C=O) groups excluding carboxylic acids is 1. The van der Waals surface area contributed by atoms with Gasteiger partial charge >= 0.3 is 0 Å². The van der Waals surface area contributed by atoms with Crippen LogP contribution in [0.4, 0.5) is 0 Å². The van der Waals surface area contributed by atoms with Gasteiger partial charge in [-0.3, -0.25) is 4.79 Å². The van der Waals surface area contributed by atoms with Crippen LogP contribution < -0.4 is 4.90 Å². The molecule has 0 saturated carbocycles. The first-order chi connectivity index (χ1) is 11.4. The van der Waals surface area contributed by atoms with Crippen molar-refractivity contribution in [1.82, 2.24) is 0 Å². The molecule has 25 heavy (non-hydrogen) atoms. The van der Waals surface area contributed by atoms with Crippen LogP contribution in [0.3, 0.4) is 0 Å². The van der Waals surface area contributed by atoms with E-state index in [9.17, 15) is 9.90 Å². The minimum Gasteiger partial charge on any atom is -0.507 e. The monoisotopic (exact) mass is 348 g/mol. The fourth-order valence-electron chi connectivity index (χ4n) is 3.28. The molecule has 1 aromatic rings. The molecule has 0 unspecified atom stereocenters. The van der Waals surface area contributed by atoms with Gasteiger partial charge in [0.05, 0.1) is 13.1 Å². The van der Waals surface area contributed by atoms with Crippen molar-refractivity contribution in [3.05, 3.63) is 28.8 Å². The number of phenolic OH excluding ortho intramolecular Hbond substituents is 1. The maximum atomic E-state index is 13.0. The molecular formula is C22H38NO2+. The van der Waals surface area contributed by atoms with E-state index in [4.69, 9.17) is 0 Å². The molecule has 0 bridgehead atoms. The molecule has 0 atom stereocenters. The molecule has 0 aliphatic heterocycles. The van der Waals surface area contributed by atoms with Crippen LogP contribution in [0, 0.1) is 0 Å². The van der Waals surface area contributed by atoms with Crippen LogP contribution in [0.25, 0.3) is 0 Å². The molecule has 3 heteroatoms. The zero-order valence-electron chi connectivity index (χ0n) is 17.5. The Kier molecular flexibility index (Phi) is 7.25. The van der Waals surface area contributed by atoms with Gasteiger partial charge < -0.3 is 10.0 Å². The number of phenols is 1.